The van der Waals surface area contributed by atoms with Crippen LogP contribution in [0.2, 0.25) is 0 Å². The van der Waals surface area contributed by atoms with Crippen molar-refractivity contribution in [3.8, 4) is 23.0 Å². The van der Waals surface area contributed by atoms with E-state index in [-0.39, 0.29) is 17.7 Å². The predicted octanol–water partition coefficient (Wildman–Crippen LogP) is 3.00. The predicted molar refractivity (Wildman–Crippen MR) is 144 cm³/mol. The van der Waals surface area contributed by atoms with Crippen molar-refractivity contribution in [3.63, 3.8) is 0 Å². The van der Waals surface area contributed by atoms with Gasteiger partial charge in [-0.05, 0) is 48.4 Å². The minimum absolute atomic E-state index is 0.0258. The Morgan fingerprint density at radius 3 is 2.26 bits per heavy atom. The molecule has 1 aliphatic rings. The Hall–Kier alpha value is -4.31. The van der Waals surface area contributed by atoms with Crippen LogP contribution in [-0.2, 0) is 9.53 Å². The summed E-state index contributed by atoms with van der Waals surface area (Å²) in [4.78, 5) is 32.1. The number of hydrogen-bond acceptors (Lipinski definition) is 9. The third-order valence-corrected chi connectivity index (χ3v) is 6.99. The van der Waals surface area contributed by atoms with Gasteiger partial charge in [-0.1, -0.05) is 36.1 Å². The number of allylic oxidation sites excluding steroid dienone is 1. The Bertz CT molecular complexity index is 1600. The fourth-order valence-corrected chi connectivity index (χ4v) is 5.27. The Kier molecular flexibility index (Phi) is 8.02. The van der Waals surface area contributed by atoms with Crippen LogP contribution in [0, 0.1) is 0 Å². The molecule has 0 fully saturated rings. The number of carbonyl (C=O) groups excluding carboxylic acids is 1. The number of nitrogens with zero attached hydrogens (tertiary/aromatic N) is 2. The number of aromatic nitrogens is 1. The van der Waals surface area contributed by atoms with E-state index in [2.05, 4.69) is 11.6 Å². The van der Waals surface area contributed by atoms with Crippen LogP contribution in [0.15, 0.2) is 70.1 Å². The van der Waals surface area contributed by atoms with Gasteiger partial charge in [-0.15, -0.1) is 0 Å². The molecule has 10 heteroatoms. The van der Waals surface area contributed by atoms with Crippen molar-refractivity contribution in [1.29, 1.82) is 0 Å². The van der Waals surface area contributed by atoms with Gasteiger partial charge in [0.15, 0.2) is 27.8 Å². The molecule has 0 bridgehead atoms. The van der Waals surface area contributed by atoms with Gasteiger partial charge in [0.2, 0.25) is 0 Å². The number of carbonyl (C=O) groups is 1. The SMILES string of the molecule is C=CCOC(=O)C1=C(C)N=c2s/c(=C\c3ccc(OC)c(OC)c3)c(=O)n2[C@H]1c1ccc(OC)c(OC)c1. The van der Waals surface area contributed by atoms with Crippen LogP contribution in [0.4, 0.5) is 0 Å². The lowest BCUT2D eigenvalue weighted by Crippen LogP contribution is -2.40. The van der Waals surface area contributed by atoms with E-state index in [1.165, 1.54) is 36.2 Å². The number of rotatable bonds is 9. The van der Waals surface area contributed by atoms with Gasteiger partial charge in [0.1, 0.15) is 6.61 Å². The molecule has 1 atom stereocenters. The summed E-state index contributed by atoms with van der Waals surface area (Å²) in [7, 11) is 6.17. The van der Waals surface area contributed by atoms with Crippen LogP contribution < -0.4 is 33.8 Å². The number of thiazole rings is 1. The van der Waals surface area contributed by atoms with Crippen LogP contribution in [0.3, 0.4) is 0 Å². The molecule has 38 heavy (non-hydrogen) atoms. The molecule has 198 valence electrons. The summed E-state index contributed by atoms with van der Waals surface area (Å²) in [5.74, 6) is 1.53. The van der Waals surface area contributed by atoms with Gasteiger partial charge in [0.05, 0.1) is 50.3 Å². The monoisotopic (exact) mass is 536 g/mol. The maximum absolute atomic E-state index is 13.8. The molecule has 2 aromatic carbocycles. The normalized spacial score (nSPS) is 14.9. The molecule has 9 nitrogen and oxygen atoms in total. The van der Waals surface area contributed by atoms with Gasteiger partial charge in [-0.3, -0.25) is 9.36 Å². The second-order valence-electron chi connectivity index (χ2n) is 8.20. The lowest BCUT2D eigenvalue weighted by Gasteiger charge is -2.25. The second kappa shape index (κ2) is 11.4. The smallest absolute Gasteiger partial charge is 0.338 e. The number of benzene rings is 2. The largest absolute Gasteiger partial charge is 0.493 e. The van der Waals surface area contributed by atoms with E-state index in [0.717, 1.165) is 5.56 Å². The van der Waals surface area contributed by atoms with Gasteiger partial charge >= 0.3 is 5.97 Å². The summed E-state index contributed by atoms with van der Waals surface area (Å²) in [6.45, 7) is 5.36. The molecule has 0 N–H and O–H groups in total. The fourth-order valence-electron chi connectivity index (χ4n) is 4.23. The third kappa shape index (κ3) is 4.95. The Morgan fingerprint density at radius 2 is 1.63 bits per heavy atom. The highest BCUT2D eigenvalue weighted by molar-refractivity contribution is 7.07. The standard InChI is InChI=1S/C28H28N2O7S/c1-7-12-37-27(32)24-16(2)29-28-30(25(24)18-9-11-20(34-4)22(15-18)36-6)26(31)23(38-28)14-17-8-10-19(33-3)21(13-17)35-5/h7-11,13-15,25H,1,12H2,2-6H3/b23-14-/t25-/m0/s1. The first-order valence-corrected chi connectivity index (χ1v) is 12.4. The number of fused-ring (bicyclic) bond motifs is 1. The van der Waals surface area contributed by atoms with Crippen molar-refractivity contribution in [3.05, 3.63) is 91.1 Å². The lowest BCUT2D eigenvalue weighted by atomic mass is 9.95. The molecule has 1 aliphatic heterocycles. The molecule has 0 radical (unpaired) electrons. The maximum atomic E-state index is 13.8. The van der Waals surface area contributed by atoms with Crippen molar-refractivity contribution in [2.24, 2.45) is 4.99 Å². The van der Waals surface area contributed by atoms with E-state index in [0.29, 0.717) is 43.6 Å². The molecule has 1 aromatic heterocycles. The van der Waals surface area contributed by atoms with E-state index in [1.54, 1.807) is 57.6 Å². The first kappa shape index (κ1) is 26.7. The van der Waals surface area contributed by atoms with E-state index in [9.17, 15) is 9.59 Å². The summed E-state index contributed by atoms with van der Waals surface area (Å²) in [5, 5.41) is 0. The average molecular weight is 537 g/mol. The molecule has 0 saturated carbocycles. The number of methoxy groups -OCH3 is 4. The zero-order valence-corrected chi connectivity index (χ0v) is 22.6. The molecule has 4 rings (SSSR count). The number of esters is 1. The van der Waals surface area contributed by atoms with Crippen molar-refractivity contribution in [1.82, 2.24) is 4.57 Å². The molecule has 0 saturated heterocycles. The van der Waals surface area contributed by atoms with E-state index in [1.807, 2.05) is 6.07 Å². The highest BCUT2D eigenvalue weighted by Gasteiger charge is 2.34. The van der Waals surface area contributed by atoms with Crippen molar-refractivity contribution in [2.45, 2.75) is 13.0 Å². The van der Waals surface area contributed by atoms with E-state index in [4.69, 9.17) is 23.7 Å². The minimum Gasteiger partial charge on any atom is -0.493 e. The van der Waals surface area contributed by atoms with Crippen LogP contribution in [0.5, 0.6) is 23.0 Å². The van der Waals surface area contributed by atoms with Gasteiger partial charge < -0.3 is 23.7 Å². The fraction of sp³-hybridized carbons (Fsp3) is 0.250. The summed E-state index contributed by atoms with van der Waals surface area (Å²) in [5.41, 5.74) is 1.80. The van der Waals surface area contributed by atoms with Crippen molar-refractivity contribution in [2.75, 3.05) is 35.0 Å². The van der Waals surface area contributed by atoms with Crippen LogP contribution in [-0.4, -0.2) is 45.6 Å². The Labute approximate surface area is 223 Å². The van der Waals surface area contributed by atoms with Gasteiger partial charge in [0.25, 0.3) is 5.56 Å². The van der Waals surface area contributed by atoms with Gasteiger partial charge in [-0.25, -0.2) is 9.79 Å². The van der Waals surface area contributed by atoms with Crippen LogP contribution >= 0.6 is 11.3 Å². The topological polar surface area (TPSA) is 97.6 Å². The van der Waals surface area contributed by atoms with Gasteiger partial charge in [0, 0.05) is 0 Å². The lowest BCUT2D eigenvalue weighted by molar-refractivity contribution is -0.138. The summed E-state index contributed by atoms with van der Waals surface area (Å²) < 4.78 is 28.9. The molecule has 0 amide bonds. The van der Waals surface area contributed by atoms with Crippen LogP contribution in [0.1, 0.15) is 24.1 Å². The highest BCUT2D eigenvalue weighted by atomic mass is 32.1. The molecule has 3 aromatic rings. The van der Waals surface area contributed by atoms with E-state index < -0.39 is 12.0 Å². The Balaban J connectivity index is 1.94. The first-order chi connectivity index (χ1) is 18.4. The highest BCUT2D eigenvalue weighted by Crippen LogP contribution is 2.36. The molecule has 0 aliphatic carbocycles. The molecule has 0 spiro atoms. The maximum Gasteiger partial charge on any atom is 0.338 e. The molecular weight excluding hydrogens is 508 g/mol. The average Bonchev–Trinajstić information content (AvgIpc) is 3.24. The second-order valence-corrected chi connectivity index (χ2v) is 9.21. The molecule has 2 heterocycles. The molecule has 0 unspecified atom stereocenters. The summed E-state index contributed by atoms with van der Waals surface area (Å²) in [6.07, 6.45) is 3.24. The molecular formula is C28H28N2O7S. The quantitative estimate of drug-likeness (QED) is 0.306. The number of hydrogen-bond donors (Lipinski definition) is 0. The van der Waals surface area contributed by atoms with E-state index >= 15 is 0 Å². The zero-order chi connectivity index (χ0) is 27.4. The Morgan fingerprint density at radius 1 is 1.00 bits per heavy atom. The van der Waals surface area contributed by atoms with Crippen molar-refractivity contribution < 1.29 is 28.5 Å². The number of ether oxygens (including phenoxy) is 5. The minimum atomic E-state index is -0.795. The van der Waals surface area contributed by atoms with Crippen LogP contribution in [0.25, 0.3) is 6.08 Å². The summed E-state index contributed by atoms with van der Waals surface area (Å²) >= 11 is 1.23. The first-order valence-electron chi connectivity index (χ1n) is 11.6. The third-order valence-electron chi connectivity index (χ3n) is 6.00. The van der Waals surface area contributed by atoms with Gasteiger partial charge in [-0.2, -0.15) is 0 Å². The zero-order valence-electron chi connectivity index (χ0n) is 21.8. The summed E-state index contributed by atoms with van der Waals surface area (Å²) in [6, 6.07) is 9.85. The van der Waals surface area contributed by atoms with Crippen molar-refractivity contribution >= 4 is 23.4 Å².